The Morgan fingerprint density at radius 1 is 1.50 bits per heavy atom. The van der Waals surface area contributed by atoms with Gasteiger partial charge in [0.25, 0.3) is 0 Å². The smallest absolute Gasteiger partial charge is 0.0753 e. The molecule has 0 aromatic carbocycles. The molecule has 1 aliphatic rings. The molecule has 0 saturated heterocycles. The van der Waals surface area contributed by atoms with E-state index in [0.29, 0.717) is 6.54 Å². The topological polar surface area (TPSA) is 49.5 Å². The average Bonchev–Trinajstić information content (AvgIpc) is 2.96. The number of aliphatic hydroxyl groups is 1. The van der Waals surface area contributed by atoms with Crippen molar-refractivity contribution < 1.29 is 5.11 Å². The quantitative estimate of drug-likeness (QED) is 0.639. The van der Waals surface area contributed by atoms with Crippen LogP contribution in [0.2, 0.25) is 0 Å². The van der Waals surface area contributed by atoms with Gasteiger partial charge in [-0.2, -0.15) is 0 Å². The van der Waals surface area contributed by atoms with Gasteiger partial charge in [-0.05, 0) is 38.6 Å². The van der Waals surface area contributed by atoms with Crippen LogP contribution in [0.1, 0.15) is 33.1 Å². The van der Waals surface area contributed by atoms with Crippen LogP contribution in [0.15, 0.2) is 0 Å². The monoisotopic (exact) mass is 200 g/mol. The number of nitrogens with zero attached hydrogens (tertiary/aromatic N) is 1. The second-order valence-electron chi connectivity index (χ2n) is 4.79. The first-order valence-corrected chi connectivity index (χ1v) is 5.72. The molecule has 0 bridgehead atoms. The fourth-order valence-electron chi connectivity index (χ4n) is 1.55. The van der Waals surface area contributed by atoms with E-state index in [1.807, 2.05) is 6.92 Å². The van der Waals surface area contributed by atoms with Gasteiger partial charge in [-0.15, -0.1) is 0 Å². The maximum Gasteiger partial charge on any atom is 0.0753 e. The molecule has 0 aliphatic heterocycles. The normalized spacial score (nSPS) is 21.2. The number of nitrogens with two attached hydrogens (primary N) is 1. The van der Waals surface area contributed by atoms with Gasteiger partial charge in [0.15, 0.2) is 0 Å². The predicted octanol–water partition coefficient (Wildman–Crippen LogP) is 0.818. The molecule has 3 N–H and O–H groups in total. The summed E-state index contributed by atoms with van der Waals surface area (Å²) in [6, 6.07) is 0. The summed E-state index contributed by atoms with van der Waals surface area (Å²) < 4.78 is 0. The average molecular weight is 200 g/mol. The summed E-state index contributed by atoms with van der Waals surface area (Å²) in [5, 5.41) is 9.77. The van der Waals surface area contributed by atoms with Gasteiger partial charge in [0.1, 0.15) is 0 Å². The Morgan fingerprint density at radius 2 is 2.14 bits per heavy atom. The number of rotatable bonds is 7. The van der Waals surface area contributed by atoms with E-state index in [-0.39, 0.29) is 0 Å². The van der Waals surface area contributed by atoms with Crippen LogP contribution in [-0.4, -0.2) is 41.8 Å². The third-order valence-corrected chi connectivity index (χ3v) is 3.07. The van der Waals surface area contributed by atoms with Crippen molar-refractivity contribution in [3.63, 3.8) is 0 Å². The first kappa shape index (κ1) is 12.0. The van der Waals surface area contributed by atoms with E-state index in [9.17, 15) is 5.11 Å². The van der Waals surface area contributed by atoms with E-state index in [1.54, 1.807) is 0 Å². The van der Waals surface area contributed by atoms with Crippen LogP contribution < -0.4 is 5.73 Å². The summed E-state index contributed by atoms with van der Waals surface area (Å²) in [4.78, 5) is 2.42. The zero-order valence-electron chi connectivity index (χ0n) is 9.50. The van der Waals surface area contributed by atoms with Crippen LogP contribution in [-0.2, 0) is 0 Å². The fraction of sp³-hybridized carbons (Fsp3) is 1.00. The number of hydrogen-bond donors (Lipinski definition) is 2. The van der Waals surface area contributed by atoms with E-state index < -0.39 is 5.60 Å². The summed E-state index contributed by atoms with van der Waals surface area (Å²) in [5.74, 6) is 0.928. The number of hydrogen-bond acceptors (Lipinski definition) is 3. The van der Waals surface area contributed by atoms with E-state index in [1.165, 1.54) is 19.4 Å². The van der Waals surface area contributed by atoms with Gasteiger partial charge < -0.3 is 15.7 Å². The highest BCUT2D eigenvalue weighted by atomic mass is 16.3. The summed E-state index contributed by atoms with van der Waals surface area (Å²) >= 11 is 0. The van der Waals surface area contributed by atoms with Gasteiger partial charge in [0, 0.05) is 19.6 Å². The Morgan fingerprint density at radius 3 is 2.57 bits per heavy atom. The van der Waals surface area contributed by atoms with Crippen molar-refractivity contribution in [2.24, 2.45) is 11.7 Å². The predicted molar refractivity (Wildman–Crippen MR) is 59.1 cm³/mol. The molecule has 1 fully saturated rings. The standard InChI is InChI=1S/C11H24N2O/c1-3-13(8-10-4-5-10)7-6-11(2,14)9-12/h10,14H,3-9,12H2,1-2H3. The van der Waals surface area contributed by atoms with Gasteiger partial charge in [0.2, 0.25) is 0 Å². The largest absolute Gasteiger partial charge is 0.389 e. The Balaban J connectivity index is 2.18. The van der Waals surface area contributed by atoms with Crippen LogP contribution >= 0.6 is 0 Å². The van der Waals surface area contributed by atoms with E-state index in [2.05, 4.69) is 11.8 Å². The molecule has 1 unspecified atom stereocenters. The minimum Gasteiger partial charge on any atom is -0.389 e. The van der Waals surface area contributed by atoms with Crippen molar-refractivity contribution >= 4 is 0 Å². The Bertz CT molecular complexity index is 167. The van der Waals surface area contributed by atoms with Crippen LogP contribution in [0, 0.1) is 5.92 Å². The van der Waals surface area contributed by atoms with Crippen molar-refractivity contribution in [3.05, 3.63) is 0 Å². The molecule has 1 atom stereocenters. The maximum absolute atomic E-state index is 9.77. The first-order valence-electron chi connectivity index (χ1n) is 5.72. The lowest BCUT2D eigenvalue weighted by atomic mass is 10.0. The van der Waals surface area contributed by atoms with Crippen LogP contribution in [0.5, 0.6) is 0 Å². The SMILES string of the molecule is CCN(CCC(C)(O)CN)CC1CC1. The van der Waals surface area contributed by atoms with E-state index in [0.717, 1.165) is 25.4 Å². The van der Waals surface area contributed by atoms with E-state index >= 15 is 0 Å². The molecule has 1 aliphatic carbocycles. The zero-order chi connectivity index (χ0) is 10.6. The second kappa shape index (κ2) is 5.10. The van der Waals surface area contributed by atoms with Gasteiger partial charge in [-0.25, -0.2) is 0 Å². The van der Waals surface area contributed by atoms with Crippen LogP contribution in [0.25, 0.3) is 0 Å². The summed E-state index contributed by atoms with van der Waals surface area (Å²) in [6.45, 7) is 7.61. The third kappa shape index (κ3) is 4.40. The zero-order valence-corrected chi connectivity index (χ0v) is 9.50. The molecular weight excluding hydrogens is 176 g/mol. The molecule has 0 aromatic rings. The molecule has 0 aromatic heterocycles. The van der Waals surface area contributed by atoms with Crippen molar-refractivity contribution in [1.82, 2.24) is 4.90 Å². The molecule has 14 heavy (non-hydrogen) atoms. The second-order valence-corrected chi connectivity index (χ2v) is 4.79. The highest BCUT2D eigenvalue weighted by molar-refractivity contribution is 4.79. The molecule has 0 amide bonds. The van der Waals surface area contributed by atoms with Crippen molar-refractivity contribution in [2.75, 3.05) is 26.2 Å². The van der Waals surface area contributed by atoms with Crippen LogP contribution in [0.4, 0.5) is 0 Å². The molecule has 3 nitrogen and oxygen atoms in total. The molecule has 0 spiro atoms. The van der Waals surface area contributed by atoms with Crippen molar-refractivity contribution in [1.29, 1.82) is 0 Å². The minimum atomic E-state index is -0.684. The van der Waals surface area contributed by atoms with E-state index in [4.69, 9.17) is 5.73 Å². The lowest BCUT2D eigenvalue weighted by Gasteiger charge is -2.26. The lowest BCUT2D eigenvalue weighted by molar-refractivity contribution is 0.0477. The first-order chi connectivity index (χ1) is 6.57. The lowest BCUT2D eigenvalue weighted by Crippen LogP contribution is -2.39. The molecule has 0 heterocycles. The fourth-order valence-corrected chi connectivity index (χ4v) is 1.55. The molecule has 0 radical (unpaired) electrons. The molecular formula is C11H24N2O. The third-order valence-electron chi connectivity index (χ3n) is 3.07. The van der Waals surface area contributed by atoms with Gasteiger partial charge in [-0.1, -0.05) is 6.92 Å². The van der Waals surface area contributed by atoms with Crippen molar-refractivity contribution in [2.45, 2.75) is 38.7 Å². The highest BCUT2D eigenvalue weighted by Crippen LogP contribution is 2.29. The minimum absolute atomic E-state index is 0.355. The molecule has 84 valence electrons. The Labute approximate surface area is 87.3 Å². The summed E-state index contributed by atoms with van der Waals surface area (Å²) in [5.41, 5.74) is 4.80. The summed E-state index contributed by atoms with van der Waals surface area (Å²) in [6.07, 6.45) is 3.57. The van der Waals surface area contributed by atoms with Gasteiger partial charge in [0.05, 0.1) is 5.60 Å². The highest BCUT2D eigenvalue weighted by Gasteiger charge is 2.25. The van der Waals surface area contributed by atoms with Crippen LogP contribution in [0.3, 0.4) is 0 Å². The molecule has 1 rings (SSSR count). The Hall–Kier alpha value is -0.120. The maximum atomic E-state index is 9.77. The molecule has 1 saturated carbocycles. The van der Waals surface area contributed by atoms with Crippen molar-refractivity contribution in [3.8, 4) is 0 Å². The Kier molecular flexibility index (Phi) is 4.35. The van der Waals surface area contributed by atoms with Gasteiger partial charge >= 0.3 is 0 Å². The molecule has 3 heteroatoms. The summed E-state index contributed by atoms with van der Waals surface area (Å²) in [7, 11) is 0. The van der Waals surface area contributed by atoms with Gasteiger partial charge in [-0.3, -0.25) is 0 Å².